The molecule has 3 amide bonds. The maximum atomic E-state index is 12.8. The van der Waals surface area contributed by atoms with Gasteiger partial charge >= 0.3 is 6.03 Å². The van der Waals surface area contributed by atoms with Gasteiger partial charge in [0.25, 0.3) is 5.91 Å². The maximum Gasteiger partial charge on any atom is 0.322 e. The number of urea groups is 1. The minimum absolute atomic E-state index is 0.0528. The Hall–Kier alpha value is -2.77. The van der Waals surface area contributed by atoms with Crippen LogP contribution in [0.1, 0.15) is 56.5 Å². The highest BCUT2D eigenvalue weighted by Gasteiger charge is 2.22. The van der Waals surface area contributed by atoms with Crippen LogP contribution in [-0.4, -0.2) is 53.8 Å². The highest BCUT2D eigenvalue weighted by atomic mass is 35.5. The maximum absolute atomic E-state index is 12.8. The summed E-state index contributed by atoms with van der Waals surface area (Å²) in [5.74, 6) is 0.282. The molecule has 0 unspecified atom stereocenters. The van der Waals surface area contributed by atoms with Crippen LogP contribution in [0.15, 0.2) is 42.5 Å². The largest absolute Gasteiger partial charge is 0.492 e. The molecule has 0 radical (unpaired) electrons. The van der Waals surface area contributed by atoms with E-state index in [1.807, 2.05) is 52.0 Å². The Kier molecular flexibility index (Phi) is 10.2. The van der Waals surface area contributed by atoms with E-state index in [4.69, 9.17) is 16.3 Å². The molecule has 2 aromatic carbocycles. The lowest BCUT2D eigenvalue weighted by Gasteiger charge is -2.31. The first-order valence-corrected chi connectivity index (χ1v) is 11.9. The molecule has 3 N–H and O–H groups in total. The molecule has 2 aromatic rings. The number of benzene rings is 2. The lowest BCUT2D eigenvalue weighted by Crippen LogP contribution is -2.44. The first-order chi connectivity index (χ1) is 16.0. The van der Waals surface area contributed by atoms with Crippen LogP contribution in [0.4, 0.5) is 10.5 Å². The Morgan fingerprint density at radius 2 is 1.82 bits per heavy atom. The molecule has 0 aliphatic carbocycles. The van der Waals surface area contributed by atoms with Crippen molar-refractivity contribution in [3.63, 3.8) is 0 Å². The molecule has 1 atom stereocenters. The number of carbonyl (C=O) groups excluding carboxylic acids is 2. The zero-order valence-corrected chi connectivity index (χ0v) is 21.4. The van der Waals surface area contributed by atoms with Gasteiger partial charge in [-0.1, -0.05) is 30.7 Å². The average molecular weight is 490 g/mol. The summed E-state index contributed by atoms with van der Waals surface area (Å²) in [6.07, 6.45) is 1.81. The van der Waals surface area contributed by atoms with E-state index >= 15 is 0 Å². The van der Waals surface area contributed by atoms with E-state index in [-0.39, 0.29) is 30.1 Å². The van der Waals surface area contributed by atoms with Gasteiger partial charge in [0.05, 0.1) is 11.6 Å². The minimum Gasteiger partial charge on any atom is -0.492 e. The monoisotopic (exact) mass is 489 g/mol. The van der Waals surface area contributed by atoms with Gasteiger partial charge in [-0.15, -0.1) is 0 Å². The van der Waals surface area contributed by atoms with Crippen LogP contribution in [0.5, 0.6) is 5.75 Å². The number of carbonyl (C=O) groups is 2. The van der Waals surface area contributed by atoms with E-state index in [0.29, 0.717) is 41.5 Å². The predicted molar refractivity (Wildman–Crippen MR) is 137 cm³/mol. The summed E-state index contributed by atoms with van der Waals surface area (Å²) in [6.45, 7) is 8.41. The van der Waals surface area contributed by atoms with Crippen molar-refractivity contribution in [1.29, 1.82) is 0 Å². The second-order valence-electron chi connectivity index (χ2n) is 9.24. The molecule has 0 heterocycles. The molecule has 0 saturated carbocycles. The molecule has 0 fully saturated rings. The van der Waals surface area contributed by atoms with Gasteiger partial charge in [-0.05, 0) is 75.9 Å². The number of hydrogen-bond donors (Lipinski definition) is 3. The highest BCUT2D eigenvalue weighted by Crippen LogP contribution is 2.26. The van der Waals surface area contributed by atoms with Gasteiger partial charge in [-0.3, -0.25) is 4.79 Å². The van der Waals surface area contributed by atoms with Crippen LogP contribution >= 0.6 is 11.6 Å². The standard InChI is InChI=1S/C26H36ClN3O4/c1-6-15-34-23-12-9-19(17-22(23)27)24(32)28-21(13-14-31)16-18-7-10-20(11-8-18)29-25(33)30(5)26(2,3)4/h7-12,17,21,31H,6,13-16H2,1-5H3,(H,28,32)(H,29,33)/t21-/m1/s1. The van der Waals surface area contributed by atoms with Crippen molar-refractivity contribution in [2.45, 2.75) is 58.5 Å². The summed E-state index contributed by atoms with van der Waals surface area (Å²) in [5, 5.41) is 15.7. The summed E-state index contributed by atoms with van der Waals surface area (Å²) < 4.78 is 5.56. The van der Waals surface area contributed by atoms with Gasteiger partial charge in [-0.2, -0.15) is 0 Å². The second-order valence-corrected chi connectivity index (χ2v) is 9.64. The fraction of sp³-hybridized carbons (Fsp3) is 0.462. The van der Waals surface area contributed by atoms with Crippen molar-refractivity contribution >= 4 is 29.2 Å². The van der Waals surface area contributed by atoms with Gasteiger partial charge in [0.2, 0.25) is 0 Å². The van der Waals surface area contributed by atoms with Crippen molar-refractivity contribution in [3.05, 3.63) is 58.6 Å². The Bertz CT molecular complexity index is 958. The Labute approximate surface area is 207 Å². The lowest BCUT2D eigenvalue weighted by molar-refractivity contribution is 0.0930. The second kappa shape index (κ2) is 12.6. The minimum atomic E-state index is -0.285. The normalized spacial score (nSPS) is 12.1. The number of aliphatic hydroxyl groups excluding tert-OH is 1. The lowest BCUT2D eigenvalue weighted by atomic mass is 10.0. The van der Waals surface area contributed by atoms with E-state index in [1.54, 1.807) is 30.1 Å². The van der Waals surface area contributed by atoms with E-state index in [9.17, 15) is 14.7 Å². The van der Waals surface area contributed by atoms with Crippen LogP contribution < -0.4 is 15.4 Å². The Balaban J connectivity index is 2.01. The fourth-order valence-electron chi connectivity index (χ4n) is 3.14. The molecule has 7 nitrogen and oxygen atoms in total. The van der Waals surface area contributed by atoms with Crippen LogP contribution in [0, 0.1) is 0 Å². The first kappa shape index (κ1) is 27.5. The number of nitrogens with zero attached hydrogens (tertiary/aromatic N) is 1. The molecule has 0 aliphatic heterocycles. The molecule has 186 valence electrons. The zero-order chi connectivity index (χ0) is 25.3. The summed E-state index contributed by atoms with van der Waals surface area (Å²) in [5.41, 5.74) is 1.81. The molecule has 8 heteroatoms. The van der Waals surface area contributed by atoms with E-state index in [0.717, 1.165) is 12.0 Å². The van der Waals surface area contributed by atoms with Gasteiger partial charge in [-0.25, -0.2) is 4.79 Å². The van der Waals surface area contributed by atoms with Crippen molar-refractivity contribution < 1.29 is 19.4 Å². The van der Waals surface area contributed by atoms with E-state index in [2.05, 4.69) is 10.6 Å². The predicted octanol–water partition coefficient (Wildman–Crippen LogP) is 5.11. The third-order valence-corrected chi connectivity index (χ3v) is 5.76. The van der Waals surface area contributed by atoms with E-state index < -0.39 is 0 Å². The zero-order valence-electron chi connectivity index (χ0n) is 20.7. The molecule has 0 saturated heterocycles. The summed E-state index contributed by atoms with van der Waals surface area (Å²) in [4.78, 5) is 26.8. The molecule has 0 aromatic heterocycles. The first-order valence-electron chi connectivity index (χ1n) is 11.5. The third kappa shape index (κ3) is 8.22. The van der Waals surface area contributed by atoms with Gasteiger partial charge < -0.3 is 25.4 Å². The quantitative estimate of drug-likeness (QED) is 0.432. The number of rotatable bonds is 10. The van der Waals surface area contributed by atoms with Gasteiger partial charge in [0.1, 0.15) is 5.75 Å². The number of halogens is 1. The Morgan fingerprint density at radius 1 is 1.15 bits per heavy atom. The fourth-order valence-corrected chi connectivity index (χ4v) is 3.38. The SMILES string of the molecule is CCCOc1ccc(C(=O)N[C@H](CCO)Cc2ccc(NC(=O)N(C)C(C)(C)C)cc2)cc1Cl. The third-order valence-electron chi connectivity index (χ3n) is 5.47. The average Bonchev–Trinajstić information content (AvgIpc) is 2.78. The van der Waals surface area contributed by atoms with Crippen molar-refractivity contribution in [2.24, 2.45) is 0 Å². The van der Waals surface area contributed by atoms with Crippen LogP contribution in [0.2, 0.25) is 5.02 Å². The molecular weight excluding hydrogens is 454 g/mol. The number of ether oxygens (including phenoxy) is 1. The van der Waals surface area contributed by atoms with Gasteiger partial charge in [0, 0.05) is 36.5 Å². The number of hydrogen-bond acceptors (Lipinski definition) is 4. The molecule has 0 bridgehead atoms. The summed E-state index contributed by atoms with van der Waals surface area (Å²) >= 11 is 6.25. The molecule has 0 aliphatic rings. The number of anilines is 1. The summed E-state index contributed by atoms with van der Waals surface area (Å²) in [6, 6.07) is 12.0. The van der Waals surface area contributed by atoms with Crippen LogP contribution in [0.3, 0.4) is 0 Å². The molecule has 2 rings (SSSR count). The van der Waals surface area contributed by atoms with Crippen molar-refractivity contribution in [2.75, 3.05) is 25.6 Å². The topological polar surface area (TPSA) is 90.9 Å². The van der Waals surface area contributed by atoms with Gasteiger partial charge in [0.15, 0.2) is 0 Å². The van der Waals surface area contributed by atoms with Crippen molar-refractivity contribution in [3.8, 4) is 5.75 Å². The van der Waals surface area contributed by atoms with Crippen LogP contribution in [-0.2, 0) is 6.42 Å². The summed E-state index contributed by atoms with van der Waals surface area (Å²) in [7, 11) is 1.75. The van der Waals surface area contributed by atoms with E-state index in [1.165, 1.54) is 0 Å². The number of nitrogens with one attached hydrogen (secondary N) is 2. The number of aliphatic hydroxyl groups is 1. The number of amides is 3. The van der Waals surface area contributed by atoms with Crippen LogP contribution in [0.25, 0.3) is 0 Å². The molecule has 34 heavy (non-hydrogen) atoms. The van der Waals surface area contributed by atoms with Crippen molar-refractivity contribution in [1.82, 2.24) is 10.2 Å². The smallest absolute Gasteiger partial charge is 0.322 e. The molecular formula is C26H36ClN3O4. The highest BCUT2D eigenvalue weighted by molar-refractivity contribution is 6.32. The molecule has 0 spiro atoms. The Morgan fingerprint density at radius 3 is 2.38 bits per heavy atom.